The fraction of sp³-hybridized carbons (Fsp3) is 0.310. The Balaban J connectivity index is 1.30. The van der Waals surface area contributed by atoms with Crippen molar-refractivity contribution in [2.24, 2.45) is 0 Å². The van der Waals surface area contributed by atoms with E-state index in [-0.39, 0.29) is 5.91 Å². The second-order valence-electron chi connectivity index (χ2n) is 8.89. The predicted molar refractivity (Wildman–Crippen MR) is 142 cm³/mol. The highest BCUT2D eigenvalue weighted by Crippen LogP contribution is 2.20. The van der Waals surface area contributed by atoms with Crippen LogP contribution in [0.3, 0.4) is 0 Å². The molecule has 0 aliphatic heterocycles. The Morgan fingerprint density at radius 3 is 2.51 bits per heavy atom. The molecule has 0 radical (unpaired) electrons. The second-order valence-corrected chi connectivity index (χ2v) is 9.29. The Bertz CT molecular complexity index is 1280. The fourth-order valence-corrected chi connectivity index (χ4v) is 4.55. The topological polar surface area (TPSA) is 56.1 Å². The number of rotatable bonds is 11. The van der Waals surface area contributed by atoms with Gasteiger partial charge in [0.15, 0.2) is 0 Å². The van der Waals surface area contributed by atoms with E-state index in [1.165, 1.54) is 11.1 Å². The molecular formula is C29H32ClN3O2. The molecule has 1 aromatic heterocycles. The molecule has 0 spiro atoms. The third kappa shape index (κ3) is 6.64. The lowest BCUT2D eigenvalue weighted by Crippen LogP contribution is -2.25. The van der Waals surface area contributed by atoms with Gasteiger partial charge < -0.3 is 14.6 Å². The molecule has 1 heterocycles. The van der Waals surface area contributed by atoms with Crippen LogP contribution in [0.25, 0.3) is 11.0 Å². The van der Waals surface area contributed by atoms with Crippen LogP contribution < -0.4 is 10.1 Å². The molecule has 1 N–H and O–H groups in total. The van der Waals surface area contributed by atoms with Gasteiger partial charge in [-0.15, -0.1) is 0 Å². The van der Waals surface area contributed by atoms with Crippen LogP contribution >= 0.6 is 11.6 Å². The van der Waals surface area contributed by atoms with Gasteiger partial charge in [-0.3, -0.25) is 4.79 Å². The van der Waals surface area contributed by atoms with Crippen molar-refractivity contribution in [3.8, 4) is 5.75 Å². The number of carbonyl (C=O) groups is 1. The lowest BCUT2D eigenvalue weighted by Gasteiger charge is -2.11. The van der Waals surface area contributed by atoms with Gasteiger partial charge in [0.05, 0.1) is 28.2 Å². The zero-order valence-corrected chi connectivity index (χ0v) is 21.1. The third-order valence-corrected chi connectivity index (χ3v) is 6.28. The molecule has 182 valence electrons. The van der Waals surface area contributed by atoms with Gasteiger partial charge in [-0.1, -0.05) is 41.9 Å². The molecule has 6 heteroatoms. The number of imidazole rings is 1. The van der Waals surface area contributed by atoms with E-state index in [1.807, 2.05) is 18.2 Å². The van der Waals surface area contributed by atoms with Crippen LogP contribution in [0.4, 0.5) is 0 Å². The summed E-state index contributed by atoms with van der Waals surface area (Å²) < 4.78 is 8.28. The molecule has 4 aromatic rings. The Kier molecular flexibility index (Phi) is 8.43. The van der Waals surface area contributed by atoms with Crippen molar-refractivity contribution in [1.29, 1.82) is 0 Å². The van der Waals surface area contributed by atoms with Crippen LogP contribution in [0.15, 0.2) is 66.7 Å². The highest BCUT2D eigenvalue weighted by atomic mass is 35.5. The summed E-state index contributed by atoms with van der Waals surface area (Å²) in [5, 5.41) is 3.44. The number of para-hydroxylation sites is 2. The number of benzene rings is 3. The lowest BCUT2D eigenvalue weighted by molar-refractivity contribution is 0.0953. The quantitative estimate of drug-likeness (QED) is 0.244. The molecule has 0 aliphatic carbocycles. The first-order chi connectivity index (χ1) is 17.0. The van der Waals surface area contributed by atoms with Crippen molar-refractivity contribution in [1.82, 2.24) is 14.9 Å². The van der Waals surface area contributed by atoms with E-state index in [9.17, 15) is 4.79 Å². The van der Waals surface area contributed by atoms with Gasteiger partial charge in [-0.05, 0) is 80.6 Å². The van der Waals surface area contributed by atoms with Crippen LogP contribution in [0.5, 0.6) is 5.75 Å². The minimum absolute atomic E-state index is 0.145. The summed E-state index contributed by atoms with van der Waals surface area (Å²) in [6, 6.07) is 21.7. The van der Waals surface area contributed by atoms with E-state index in [4.69, 9.17) is 21.3 Å². The first-order valence-electron chi connectivity index (χ1n) is 12.2. The normalized spacial score (nSPS) is 11.1. The van der Waals surface area contributed by atoms with Gasteiger partial charge in [0.25, 0.3) is 5.91 Å². The molecule has 0 saturated heterocycles. The Hall–Kier alpha value is -3.31. The average molecular weight is 490 g/mol. The summed E-state index contributed by atoms with van der Waals surface area (Å²) >= 11 is 6.13. The van der Waals surface area contributed by atoms with E-state index in [0.717, 1.165) is 54.8 Å². The maximum atomic E-state index is 12.4. The molecule has 0 fully saturated rings. The van der Waals surface area contributed by atoms with E-state index in [1.54, 1.807) is 12.1 Å². The van der Waals surface area contributed by atoms with Crippen molar-refractivity contribution in [3.05, 3.63) is 94.3 Å². The molecule has 0 unspecified atom stereocenters. The Morgan fingerprint density at radius 1 is 0.971 bits per heavy atom. The van der Waals surface area contributed by atoms with Crippen LogP contribution in [-0.2, 0) is 13.0 Å². The highest BCUT2D eigenvalue weighted by Gasteiger charge is 2.12. The Labute approximate surface area is 212 Å². The molecule has 0 aliphatic rings. The van der Waals surface area contributed by atoms with Crippen molar-refractivity contribution in [2.75, 3.05) is 13.2 Å². The van der Waals surface area contributed by atoms with Crippen LogP contribution in [0.2, 0.25) is 5.02 Å². The van der Waals surface area contributed by atoms with Crippen molar-refractivity contribution in [2.45, 2.75) is 46.1 Å². The summed E-state index contributed by atoms with van der Waals surface area (Å²) in [4.78, 5) is 17.3. The van der Waals surface area contributed by atoms with E-state index >= 15 is 0 Å². The predicted octanol–water partition coefficient (Wildman–Crippen LogP) is 6.53. The lowest BCUT2D eigenvalue weighted by atomic mass is 10.1. The number of aromatic nitrogens is 2. The van der Waals surface area contributed by atoms with Crippen molar-refractivity contribution in [3.63, 3.8) is 0 Å². The molecule has 3 aromatic carbocycles. The monoisotopic (exact) mass is 489 g/mol. The van der Waals surface area contributed by atoms with Crippen molar-refractivity contribution < 1.29 is 9.53 Å². The van der Waals surface area contributed by atoms with E-state index < -0.39 is 0 Å². The zero-order valence-electron chi connectivity index (χ0n) is 20.4. The minimum atomic E-state index is -0.145. The smallest absolute Gasteiger partial charge is 0.252 e. The third-order valence-electron chi connectivity index (χ3n) is 5.95. The molecule has 4 rings (SSSR count). The first-order valence-corrected chi connectivity index (χ1v) is 12.6. The van der Waals surface area contributed by atoms with Crippen molar-refractivity contribution >= 4 is 28.5 Å². The number of hydrogen-bond acceptors (Lipinski definition) is 3. The van der Waals surface area contributed by atoms with Gasteiger partial charge in [-0.2, -0.15) is 0 Å². The summed E-state index contributed by atoms with van der Waals surface area (Å²) in [7, 11) is 0. The largest absolute Gasteiger partial charge is 0.494 e. The second kappa shape index (κ2) is 11.9. The molecule has 1 amide bonds. The van der Waals surface area contributed by atoms with Gasteiger partial charge >= 0.3 is 0 Å². The standard InChI is InChI=1S/C29H32ClN3O2/c1-21-18-22(2)20-23(19-21)35-17-8-7-16-33-27-13-6-5-12-26(27)32-28(33)14-9-15-31-29(34)24-10-3-4-11-25(24)30/h3-6,10-13,18-20H,7-9,14-17H2,1-2H3,(H,31,34). The number of nitrogens with one attached hydrogen (secondary N) is 1. The average Bonchev–Trinajstić information content (AvgIpc) is 3.18. The fourth-order valence-electron chi connectivity index (χ4n) is 4.33. The highest BCUT2D eigenvalue weighted by molar-refractivity contribution is 6.33. The number of nitrogens with zero attached hydrogens (tertiary/aromatic N) is 2. The molecule has 0 bridgehead atoms. The zero-order chi connectivity index (χ0) is 24.6. The van der Waals surface area contributed by atoms with Gasteiger partial charge in [-0.25, -0.2) is 4.98 Å². The summed E-state index contributed by atoms with van der Waals surface area (Å²) in [6.07, 6.45) is 3.56. The molecule has 35 heavy (non-hydrogen) atoms. The number of unbranched alkanes of at least 4 members (excludes halogenated alkanes) is 1. The minimum Gasteiger partial charge on any atom is -0.494 e. The van der Waals surface area contributed by atoms with Crippen LogP contribution in [-0.4, -0.2) is 28.6 Å². The van der Waals surface area contributed by atoms with E-state index in [0.29, 0.717) is 23.7 Å². The number of aryl methyl sites for hydroxylation is 4. The summed E-state index contributed by atoms with van der Waals surface area (Å²) in [6.45, 7) is 6.33. The SMILES string of the molecule is Cc1cc(C)cc(OCCCCn2c(CCCNC(=O)c3ccccc3Cl)nc3ccccc32)c1. The van der Waals surface area contributed by atoms with Gasteiger partial charge in [0.2, 0.25) is 0 Å². The Morgan fingerprint density at radius 2 is 1.71 bits per heavy atom. The molecule has 0 atom stereocenters. The number of carbonyl (C=O) groups excluding carboxylic acids is 1. The number of ether oxygens (including phenoxy) is 1. The maximum absolute atomic E-state index is 12.4. The van der Waals surface area contributed by atoms with E-state index in [2.05, 4.69) is 60.1 Å². The molecule has 0 saturated carbocycles. The number of fused-ring (bicyclic) bond motifs is 1. The van der Waals surface area contributed by atoms with Crippen LogP contribution in [0, 0.1) is 13.8 Å². The number of halogens is 1. The van der Waals surface area contributed by atoms with Gasteiger partial charge in [0, 0.05) is 19.5 Å². The number of hydrogen-bond donors (Lipinski definition) is 1. The summed E-state index contributed by atoms with van der Waals surface area (Å²) in [5.41, 5.74) is 5.10. The van der Waals surface area contributed by atoms with Gasteiger partial charge in [0.1, 0.15) is 11.6 Å². The maximum Gasteiger partial charge on any atom is 0.252 e. The molecular weight excluding hydrogens is 458 g/mol. The summed E-state index contributed by atoms with van der Waals surface area (Å²) in [5.74, 6) is 1.84. The van der Waals surface area contributed by atoms with Crippen LogP contribution in [0.1, 0.15) is 46.6 Å². The molecule has 5 nitrogen and oxygen atoms in total. The number of amides is 1. The first kappa shape index (κ1) is 24.8.